The second-order valence-corrected chi connectivity index (χ2v) is 3.91. The molecule has 0 saturated heterocycles. The van der Waals surface area contributed by atoms with Gasteiger partial charge in [-0.2, -0.15) is 0 Å². The molecule has 0 saturated carbocycles. The maximum Gasteiger partial charge on any atom is 0.126 e. The van der Waals surface area contributed by atoms with Crippen LogP contribution < -0.4 is 11.1 Å². The number of anilines is 2. The minimum absolute atomic E-state index is 0.236. The van der Waals surface area contributed by atoms with Crippen molar-refractivity contribution in [3.05, 3.63) is 47.7 Å². The predicted molar refractivity (Wildman–Crippen MR) is 68.8 cm³/mol. The van der Waals surface area contributed by atoms with E-state index in [1.807, 2.05) is 25.1 Å². The Morgan fingerprint density at radius 1 is 1.29 bits per heavy atom. The number of hydrogen-bond acceptors (Lipinski definition) is 4. The fourth-order valence-corrected chi connectivity index (χ4v) is 1.57. The monoisotopic (exact) mass is 229 g/mol. The summed E-state index contributed by atoms with van der Waals surface area (Å²) in [6.07, 6.45) is 0. The van der Waals surface area contributed by atoms with Gasteiger partial charge in [0.2, 0.25) is 0 Å². The van der Waals surface area contributed by atoms with Gasteiger partial charge in [-0.05, 0) is 37.3 Å². The number of pyridine rings is 1. The Morgan fingerprint density at radius 2 is 2.12 bits per heavy atom. The van der Waals surface area contributed by atoms with E-state index in [0.717, 1.165) is 17.1 Å². The number of benzene rings is 1. The second-order valence-electron chi connectivity index (χ2n) is 3.91. The molecular weight excluding hydrogens is 214 g/mol. The average molecular weight is 229 g/mol. The van der Waals surface area contributed by atoms with Crippen LogP contribution in [0, 0.1) is 6.92 Å². The van der Waals surface area contributed by atoms with Crippen LogP contribution in [0.15, 0.2) is 36.4 Å². The summed E-state index contributed by atoms with van der Waals surface area (Å²) >= 11 is 0. The summed E-state index contributed by atoms with van der Waals surface area (Å²) in [4.78, 5) is 4.32. The van der Waals surface area contributed by atoms with Crippen molar-refractivity contribution in [2.75, 3.05) is 11.1 Å². The molecule has 0 radical (unpaired) electrons. The van der Waals surface area contributed by atoms with Gasteiger partial charge in [-0.25, -0.2) is 4.98 Å². The second kappa shape index (κ2) is 4.74. The standard InChI is InChI=1S/C13H15N3O/c1-9-3-2-4-13(16-9)15-8-10-7-11(14)5-6-12(10)17/h2-7,17H,8,14H2,1H3,(H,15,16). The zero-order valence-corrected chi connectivity index (χ0v) is 9.64. The van der Waals surface area contributed by atoms with Gasteiger partial charge in [0, 0.05) is 23.5 Å². The summed E-state index contributed by atoms with van der Waals surface area (Å²) < 4.78 is 0. The minimum atomic E-state index is 0.236. The SMILES string of the molecule is Cc1cccc(NCc2cc(N)ccc2O)n1. The lowest BCUT2D eigenvalue weighted by molar-refractivity contribution is 0.469. The van der Waals surface area contributed by atoms with Gasteiger partial charge in [0.1, 0.15) is 11.6 Å². The third kappa shape index (κ3) is 2.87. The average Bonchev–Trinajstić information content (AvgIpc) is 2.30. The van der Waals surface area contributed by atoms with E-state index in [0.29, 0.717) is 12.2 Å². The van der Waals surface area contributed by atoms with Crippen LogP contribution >= 0.6 is 0 Å². The van der Waals surface area contributed by atoms with Gasteiger partial charge in [0.05, 0.1) is 0 Å². The molecule has 0 spiro atoms. The first kappa shape index (κ1) is 11.3. The Hall–Kier alpha value is -2.23. The van der Waals surface area contributed by atoms with E-state index in [-0.39, 0.29) is 5.75 Å². The van der Waals surface area contributed by atoms with E-state index < -0.39 is 0 Å². The quantitative estimate of drug-likeness (QED) is 0.558. The lowest BCUT2D eigenvalue weighted by Crippen LogP contribution is -2.02. The third-order valence-electron chi connectivity index (χ3n) is 2.45. The molecule has 88 valence electrons. The molecule has 1 heterocycles. The number of aromatic nitrogens is 1. The van der Waals surface area contributed by atoms with E-state index in [1.165, 1.54) is 0 Å². The van der Waals surface area contributed by atoms with Crippen molar-refractivity contribution >= 4 is 11.5 Å². The van der Waals surface area contributed by atoms with Crippen LogP contribution in [0.4, 0.5) is 11.5 Å². The fourth-order valence-electron chi connectivity index (χ4n) is 1.57. The smallest absolute Gasteiger partial charge is 0.126 e. The molecule has 0 aliphatic rings. The molecule has 4 N–H and O–H groups in total. The summed E-state index contributed by atoms with van der Waals surface area (Å²) in [6.45, 7) is 2.43. The molecule has 0 atom stereocenters. The first-order chi connectivity index (χ1) is 8.15. The largest absolute Gasteiger partial charge is 0.508 e. The third-order valence-corrected chi connectivity index (χ3v) is 2.45. The molecule has 17 heavy (non-hydrogen) atoms. The molecule has 4 heteroatoms. The molecule has 1 aromatic carbocycles. The van der Waals surface area contributed by atoms with Crippen LogP contribution in [-0.4, -0.2) is 10.1 Å². The van der Waals surface area contributed by atoms with Gasteiger partial charge in [-0.15, -0.1) is 0 Å². The number of nitrogens with two attached hydrogens (primary N) is 1. The van der Waals surface area contributed by atoms with E-state index in [2.05, 4.69) is 10.3 Å². The molecule has 0 amide bonds. The minimum Gasteiger partial charge on any atom is -0.508 e. The number of phenolic OH excluding ortho intramolecular Hbond substituents is 1. The van der Waals surface area contributed by atoms with Crippen LogP contribution in [0.3, 0.4) is 0 Å². The van der Waals surface area contributed by atoms with Crippen LogP contribution in [0.2, 0.25) is 0 Å². The van der Waals surface area contributed by atoms with E-state index in [4.69, 9.17) is 5.73 Å². The van der Waals surface area contributed by atoms with Crippen molar-refractivity contribution in [3.63, 3.8) is 0 Å². The van der Waals surface area contributed by atoms with Crippen LogP contribution in [0.25, 0.3) is 0 Å². The van der Waals surface area contributed by atoms with Crippen LogP contribution in [0.1, 0.15) is 11.3 Å². The predicted octanol–water partition coefficient (Wildman–Crippen LogP) is 2.29. The molecule has 0 unspecified atom stereocenters. The first-order valence-electron chi connectivity index (χ1n) is 5.40. The molecule has 4 nitrogen and oxygen atoms in total. The molecule has 0 bridgehead atoms. The number of nitrogen functional groups attached to an aromatic ring is 1. The normalized spacial score (nSPS) is 10.2. The molecule has 0 fully saturated rings. The van der Waals surface area contributed by atoms with Crippen molar-refractivity contribution in [2.24, 2.45) is 0 Å². The van der Waals surface area contributed by atoms with Gasteiger partial charge in [0.25, 0.3) is 0 Å². The number of aryl methyl sites for hydroxylation is 1. The number of aromatic hydroxyl groups is 1. The van der Waals surface area contributed by atoms with E-state index in [1.54, 1.807) is 18.2 Å². The van der Waals surface area contributed by atoms with E-state index in [9.17, 15) is 5.11 Å². The van der Waals surface area contributed by atoms with Crippen LogP contribution in [0.5, 0.6) is 5.75 Å². The lowest BCUT2D eigenvalue weighted by atomic mass is 10.2. The number of nitrogens with zero attached hydrogens (tertiary/aromatic N) is 1. The Kier molecular flexibility index (Phi) is 3.14. The molecule has 1 aromatic heterocycles. The van der Waals surface area contributed by atoms with Crippen molar-refractivity contribution in [1.29, 1.82) is 0 Å². The number of rotatable bonds is 3. The van der Waals surface area contributed by atoms with Crippen molar-refractivity contribution < 1.29 is 5.11 Å². The first-order valence-corrected chi connectivity index (χ1v) is 5.40. The maximum absolute atomic E-state index is 9.65. The summed E-state index contributed by atoms with van der Waals surface area (Å²) in [7, 11) is 0. The summed E-state index contributed by atoms with van der Waals surface area (Å²) in [5.74, 6) is 1.02. The Bertz CT molecular complexity index is 526. The van der Waals surface area contributed by atoms with Gasteiger partial charge in [-0.1, -0.05) is 6.07 Å². The lowest BCUT2D eigenvalue weighted by Gasteiger charge is -2.08. The van der Waals surface area contributed by atoms with Crippen LogP contribution in [-0.2, 0) is 6.54 Å². The zero-order chi connectivity index (χ0) is 12.3. The fraction of sp³-hybridized carbons (Fsp3) is 0.154. The summed E-state index contributed by atoms with van der Waals surface area (Å²) in [5, 5.41) is 12.8. The summed E-state index contributed by atoms with van der Waals surface area (Å²) in [5.41, 5.74) is 8.01. The number of phenols is 1. The topological polar surface area (TPSA) is 71.2 Å². The van der Waals surface area contributed by atoms with Crippen molar-refractivity contribution in [3.8, 4) is 5.75 Å². The highest BCUT2D eigenvalue weighted by Crippen LogP contribution is 2.20. The van der Waals surface area contributed by atoms with Gasteiger partial charge >= 0.3 is 0 Å². The highest BCUT2D eigenvalue weighted by molar-refractivity contribution is 5.48. The zero-order valence-electron chi connectivity index (χ0n) is 9.64. The highest BCUT2D eigenvalue weighted by atomic mass is 16.3. The molecule has 2 rings (SSSR count). The Labute approximate surface area is 100 Å². The summed E-state index contributed by atoms with van der Waals surface area (Å²) in [6, 6.07) is 10.8. The van der Waals surface area contributed by atoms with Gasteiger partial charge in [-0.3, -0.25) is 0 Å². The van der Waals surface area contributed by atoms with Gasteiger partial charge in [0.15, 0.2) is 0 Å². The highest BCUT2D eigenvalue weighted by Gasteiger charge is 2.02. The van der Waals surface area contributed by atoms with Crippen molar-refractivity contribution in [1.82, 2.24) is 4.98 Å². The molecule has 0 aliphatic carbocycles. The number of hydrogen-bond donors (Lipinski definition) is 3. The van der Waals surface area contributed by atoms with Crippen molar-refractivity contribution in [2.45, 2.75) is 13.5 Å². The van der Waals surface area contributed by atoms with Gasteiger partial charge < -0.3 is 16.2 Å². The molecular formula is C13H15N3O. The maximum atomic E-state index is 9.65. The molecule has 0 aliphatic heterocycles. The Balaban J connectivity index is 2.09. The van der Waals surface area contributed by atoms with E-state index >= 15 is 0 Å². The molecule has 2 aromatic rings. The Morgan fingerprint density at radius 3 is 2.88 bits per heavy atom. The number of nitrogens with one attached hydrogen (secondary N) is 1.